The number of hydrogen-bond acceptors (Lipinski definition) is 2. The number of amides is 2. The fourth-order valence-corrected chi connectivity index (χ4v) is 2.14. The Hall–Kier alpha value is -1.58. The highest BCUT2D eigenvalue weighted by atomic mass is 16.2. The first kappa shape index (κ1) is 11.9. The monoisotopic (exact) mass is 233 g/mol. The number of carbonyl (C=O) groups excluding carboxylic acids is 1. The lowest BCUT2D eigenvalue weighted by molar-refractivity contribution is 0.208. The van der Waals surface area contributed by atoms with Crippen molar-refractivity contribution in [2.75, 3.05) is 13.1 Å². The number of aryl methyl sites for hydroxylation is 1. The molecule has 0 saturated carbocycles. The first-order chi connectivity index (χ1) is 8.31. The minimum Gasteiger partial charge on any atom is -0.332 e. The zero-order valence-electron chi connectivity index (χ0n) is 10.3. The molecular formula is C13H19N3O. The molecule has 1 aliphatic rings. The number of hydrogen-bond donors (Lipinski definition) is 1. The van der Waals surface area contributed by atoms with Gasteiger partial charge in [-0.2, -0.15) is 0 Å². The lowest BCUT2D eigenvalue weighted by atomic mass is 10.1. The summed E-state index contributed by atoms with van der Waals surface area (Å²) >= 11 is 0. The van der Waals surface area contributed by atoms with Gasteiger partial charge in [-0.05, 0) is 30.9 Å². The Bertz CT molecular complexity index is 386. The molecule has 1 aromatic heterocycles. The summed E-state index contributed by atoms with van der Waals surface area (Å²) in [6.45, 7) is 4.39. The molecule has 0 spiro atoms. The van der Waals surface area contributed by atoms with Crippen molar-refractivity contribution in [3.63, 3.8) is 0 Å². The van der Waals surface area contributed by atoms with Gasteiger partial charge in [-0.1, -0.05) is 13.0 Å². The van der Waals surface area contributed by atoms with Crippen LogP contribution in [0.3, 0.4) is 0 Å². The molecule has 0 atom stereocenters. The number of urea groups is 1. The van der Waals surface area contributed by atoms with Gasteiger partial charge >= 0.3 is 6.03 Å². The molecule has 4 heteroatoms. The van der Waals surface area contributed by atoms with Crippen LogP contribution in [0.15, 0.2) is 18.3 Å². The third kappa shape index (κ3) is 2.96. The molecule has 1 fully saturated rings. The highest BCUT2D eigenvalue weighted by Gasteiger charge is 2.17. The van der Waals surface area contributed by atoms with Crippen molar-refractivity contribution < 1.29 is 4.79 Å². The third-order valence-electron chi connectivity index (χ3n) is 3.17. The number of likely N-dealkylation sites (tertiary alicyclic amines) is 1. The van der Waals surface area contributed by atoms with E-state index in [0.29, 0.717) is 6.54 Å². The Morgan fingerprint density at radius 3 is 2.94 bits per heavy atom. The zero-order chi connectivity index (χ0) is 12.1. The maximum absolute atomic E-state index is 11.8. The minimum atomic E-state index is 0.0372. The molecule has 0 radical (unpaired) electrons. The van der Waals surface area contributed by atoms with Crippen LogP contribution in [-0.4, -0.2) is 29.0 Å². The number of rotatable bonds is 3. The molecule has 2 heterocycles. The molecule has 0 bridgehead atoms. The van der Waals surface area contributed by atoms with Crippen LogP contribution in [0.25, 0.3) is 0 Å². The Morgan fingerprint density at radius 1 is 1.47 bits per heavy atom. The van der Waals surface area contributed by atoms with Crippen LogP contribution >= 0.6 is 0 Å². The van der Waals surface area contributed by atoms with E-state index in [-0.39, 0.29) is 6.03 Å². The van der Waals surface area contributed by atoms with Crippen molar-refractivity contribution in [3.8, 4) is 0 Å². The molecule has 2 rings (SSSR count). The fourth-order valence-electron chi connectivity index (χ4n) is 2.14. The third-order valence-corrected chi connectivity index (χ3v) is 3.17. The van der Waals surface area contributed by atoms with Gasteiger partial charge < -0.3 is 10.2 Å². The topological polar surface area (TPSA) is 45.2 Å². The molecule has 0 unspecified atom stereocenters. The van der Waals surface area contributed by atoms with Crippen molar-refractivity contribution in [2.45, 2.75) is 32.7 Å². The number of carbonyl (C=O) groups is 1. The summed E-state index contributed by atoms with van der Waals surface area (Å²) in [6.07, 6.45) is 4.97. The predicted molar refractivity (Wildman–Crippen MR) is 66.7 cm³/mol. The number of aromatic nitrogens is 1. The average Bonchev–Trinajstić information content (AvgIpc) is 2.90. The standard InChI is InChI=1S/C13H19N3O/c1-2-11-6-5-7-14-12(11)10-15-13(17)16-8-3-4-9-16/h5-7H,2-4,8-10H2,1H3,(H,15,17). The first-order valence-corrected chi connectivity index (χ1v) is 6.27. The van der Waals surface area contributed by atoms with E-state index in [4.69, 9.17) is 0 Å². The second kappa shape index (κ2) is 5.66. The van der Waals surface area contributed by atoms with Crippen LogP contribution in [0.5, 0.6) is 0 Å². The SMILES string of the molecule is CCc1cccnc1CNC(=O)N1CCCC1. The van der Waals surface area contributed by atoms with Gasteiger partial charge in [0.1, 0.15) is 0 Å². The van der Waals surface area contributed by atoms with Gasteiger partial charge in [0.05, 0.1) is 12.2 Å². The summed E-state index contributed by atoms with van der Waals surface area (Å²) in [5.74, 6) is 0. The van der Waals surface area contributed by atoms with Crippen molar-refractivity contribution in [3.05, 3.63) is 29.6 Å². The van der Waals surface area contributed by atoms with E-state index in [1.165, 1.54) is 5.56 Å². The normalized spacial score (nSPS) is 15.0. The molecule has 1 aromatic rings. The van der Waals surface area contributed by atoms with Crippen LogP contribution in [0, 0.1) is 0 Å². The molecule has 4 nitrogen and oxygen atoms in total. The van der Waals surface area contributed by atoms with Crippen molar-refractivity contribution >= 4 is 6.03 Å². The van der Waals surface area contributed by atoms with Gasteiger partial charge in [0.15, 0.2) is 0 Å². The van der Waals surface area contributed by atoms with Crippen molar-refractivity contribution in [1.29, 1.82) is 0 Å². The molecule has 0 aliphatic carbocycles. The molecular weight excluding hydrogens is 214 g/mol. The summed E-state index contributed by atoms with van der Waals surface area (Å²) in [5.41, 5.74) is 2.18. The largest absolute Gasteiger partial charge is 0.332 e. The Morgan fingerprint density at radius 2 is 2.24 bits per heavy atom. The lowest BCUT2D eigenvalue weighted by Gasteiger charge is -2.16. The van der Waals surface area contributed by atoms with Crippen molar-refractivity contribution in [2.24, 2.45) is 0 Å². The molecule has 0 aromatic carbocycles. The summed E-state index contributed by atoms with van der Waals surface area (Å²) in [5, 5.41) is 2.94. The van der Waals surface area contributed by atoms with E-state index < -0.39 is 0 Å². The van der Waals surface area contributed by atoms with Gasteiger partial charge in [0, 0.05) is 19.3 Å². The first-order valence-electron chi connectivity index (χ1n) is 6.27. The van der Waals surface area contributed by atoms with E-state index in [0.717, 1.165) is 38.0 Å². The highest BCUT2D eigenvalue weighted by molar-refractivity contribution is 5.74. The van der Waals surface area contributed by atoms with Gasteiger partial charge in [-0.25, -0.2) is 4.79 Å². The average molecular weight is 233 g/mol. The van der Waals surface area contributed by atoms with E-state index in [2.05, 4.69) is 23.3 Å². The Balaban J connectivity index is 1.90. The van der Waals surface area contributed by atoms with E-state index in [1.54, 1.807) is 6.20 Å². The quantitative estimate of drug-likeness (QED) is 0.867. The molecule has 92 valence electrons. The van der Waals surface area contributed by atoms with Crippen LogP contribution in [0.1, 0.15) is 31.0 Å². The number of nitrogens with zero attached hydrogens (tertiary/aromatic N) is 2. The second-order valence-corrected chi connectivity index (χ2v) is 4.32. The van der Waals surface area contributed by atoms with E-state index in [9.17, 15) is 4.79 Å². The van der Waals surface area contributed by atoms with Crippen LogP contribution in [-0.2, 0) is 13.0 Å². The van der Waals surface area contributed by atoms with E-state index >= 15 is 0 Å². The van der Waals surface area contributed by atoms with Crippen LogP contribution < -0.4 is 5.32 Å². The lowest BCUT2D eigenvalue weighted by Crippen LogP contribution is -2.37. The summed E-state index contributed by atoms with van der Waals surface area (Å²) in [4.78, 5) is 18.0. The Kier molecular flexibility index (Phi) is 3.96. The zero-order valence-corrected chi connectivity index (χ0v) is 10.3. The fraction of sp³-hybridized carbons (Fsp3) is 0.538. The molecule has 1 N–H and O–H groups in total. The van der Waals surface area contributed by atoms with Gasteiger partial charge in [0.25, 0.3) is 0 Å². The van der Waals surface area contributed by atoms with Crippen molar-refractivity contribution in [1.82, 2.24) is 15.2 Å². The predicted octanol–water partition coefficient (Wildman–Crippen LogP) is 1.95. The Labute approximate surface area is 102 Å². The van der Waals surface area contributed by atoms with E-state index in [1.807, 2.05) is 11.0 Å². The minimum absolute atomic E-state index is 0.0372. The summed E-state index contributed by atoms with van der Waals surface area (Å²) < 4.78 is 0. The maximum atomic E-state index is 11.8. The summed E-state index contributed by atoms with van der Waals surface area (Å²) in [7, 11) is 0. The van der Waals surface area contributed by atoms with Gasteiger partial charge in [-0.3, -0.25) is 4.98 Å². The highest BCUT2D eigenvalue weighted by Crippen LogP contribution is 2.09. The molecule has 1 saturated heterocycles. The van der Waals surface area contributed by atoms with Crippen LogP contribution in [0.2, 0.25) is 0 Å². The molecule has 1 aliphatic heterocycles. The molecule has 17 heavy (non-hydrogen) atoms. The van der Waals surface area contributed by atoms with Gasteiger partial charge in [0.2, 0.25) is 0 Å². The number of pyridine rings is 1. The second-order valence-electron chi connectivity index (χ2n) is 4.32. The summed E-state index contributed by atoms with van der Waals surface area (Å²) in [6, 6.07) is 4.03. The smallest absolute Gasteiger partial charge is 0.317 e. The molecule has 2 amide bonds. The van der Waals surface area contributed by atoms with Crippen LogP contribution in [0.4, 0.5) is 4.79 Å². The van der Waals surface area contributed by atoms with Gasteiger partial charge in [-0.15, -0.1) is 0 Å². The number of nitrogens with one attached hydrogen (secondary N) is 1. The maximum Gasteiger partial charge on any atom is 0.317 e.